The molecule has 0 radical (unpaired) electrons. The van der Waals surface area contributed by atoms with Crippen molar-refractivity contribution < 1.29 is 9.53 Å². The molecule has 1 heterocycles. The predicted octanol–water partition coefficient (Wildman–Crippen LogP) is 5.87. The molecular formula is C22H29BrN2O2. The fourth-order valence-corrected chi connectivity index (χ4v) is 3.43. The molecule has 0 saturated heterocycles. The van der Waals surface area contributed by atoms with Crippen molar-refractivity contribution in [1.29, 1.82) is 0 Å². The minimum Gasteiger partial charge on any atom is -0.491 e. The molecule has 0 aliphatic carbocycles. The second kappa shape index (κ2) is 9.36. The minimum atomic E-state index is -0.185. The van der Waals surface area contributed by atoms with Crippen molar-refractivity contribution in [3.8, 4) is 5.75 Å². The maximum atomic E-state index is 13.2. The van der Waals surface area contributed by atoms with E-state index in [9.17, 15) is 4.79 Å². The first kappa shape index (κ1) is 21.4. The smallest absolute Gasteiger partial charge is 0.261 e. The summed E-state index contributed by atoms with van der Waals surface area (Å²) in [5.41, 5.74) is 5.12. The number of carbonyl (C=O) groups is 1. The number of hydrogen-bond donors (Lipinski definition) is 1. The average molecular weight is 433 g/mol. The Balaban J connectivity index is 2.49. The molecule has 0 saturated carbocycles. The summed E-state index contributed by atoms with van der Waals surface area (Å²) in [5.74, 6) is 0.738. The maximum absolute atomic E-state index is 13.2. The highest BCUT2D eigenvalue weighted by atomic mass is 79.9. The van der Waals surface area contributed by atoms with Crippen LogP contribution in [0.1, 0.15) is 60.6 Å². The molecule has 1 aromatic heterocycles. The lowest BCUT2D eigenvalue weighted by atomic mass is 10.0. The molecule has 5 heteroatoms. The van der Waals surface area contributed by atoms with Crippen LogP contribution in [0.4, 0.5) is 5.69 Å². The number of halogens is 1. The molecule has 4 nitrogen and oxygen atoms in total. The van der Waals surface area contributed by atoms with Crippen LogP contribution in [-0.4, -0.2) is 17.5 Å². The Labute approximate surface area is 170 Å². The van der Waals surface area contributed by atoms with Gasteiger partial charge in [0.15, 0.2) is 0 Å². The maximum Gasteiger partial charge on any atom is 0.261 e. The molecule has 27 heavy (non-hydrogen) atoms. The number of nitrogens with zero attached hydrogens (tertiary/aromatic N) is 1. The lowest BCUT2D eigenvalue weighted by molar-refractivity contribution is 0.102. The number of aryl methyl sites for hydroxylation is 4. The summed E-state index contributed by atoms with van der Waals surface area (Å²) in [6.45, 7) is 12.6. The van der Waals surface area contributed by atoms with Gasteiger partial charge in [0.1, 0.15) is 11.3 Å². The highest BCUT2D eigenvalue weighted by molar-refractivity contribution is 9.10. The van der Waals surface area contributed by atoms with Gasteiger partial charge in [0.25, 0.3) is 5.91 Å². The van der Waals surface area contributed by atoms with E-state index in [0.29, 0.717) is 29.5 Å². The van der Waals surface area contributed by atoms with E-state index >= 15 is 0 Å². The number of pyridine rings is 1. The fourth-order valence-electron chi connectivity index (χ4n) is 3.03. The van der Waals surface area contributed by atoms with Gasteiger partial charge in [-0.1, -0.05) is 45.9 Å². The van der Waals surface area contributed by atoms with Gasteiger partial charge in [0, 0.05) is 5.69 Å². The molecule has 0 aliphatic heterocycles. The first-order chi connectivity index (χ1) is 12.8. The van der Waals surface area contributed by atoms with Crippen LogP contribution in [0.5, 0.6) is 5.75 Å². The van der Waals surface area contributed by atoms with Gasteiger partial charge in [-0.05, 0) is 59.7 Å². The largest absolute Gasteiger partial charge is 0.491 e. The molecule has 2 rings (SSSR count). The van der Waals surface area contributed by atoms with Gasteiger partial charge in [0.2, 0.25) is 0 Å². The van der Waals surface area contributed by atoms with Crippen molar-refractivity contribution in [3.05, 3.63) is 50.8 Å². The number of para-hydroxylation sites is 1. The van der Waals surface area contributed by atoms with Crippen LogP contribution in [0.15, 0.2) is 22.7 Å². The van der Waals surface area contributed by atoms with E-state index in [1.54, 1.807) is 0 Å². The van der Waals surface area contributed by atoms with Crippen LogP contribution < -0.4 is 10.1 Å². The topological polar surface area (TPSA) is 51.2 Å². The Morgan fingerprint density at radius 2 is 1.74 bits per heavy atom. The van der Waals surface area contributed by atoms with Crippen molar-refractivity contribution in [3.63, 3.8) is 0 Å². The lowest BCUT2D eigenvalue weighted by Gasteiger charge is -2.19. The molecule has 0 atom stereocenters. The molecular weight excluding hydrogens is 404 g/mol. The molecule has 146 valence electrons. The van der Waals surface area contributed by atoms with Crippen molar-refractivity contribution >= 4 is 27.5 Å². The first-order valence-electron chi connectivity index (χ1n) is 9.51. The fraction of sp³-hybridized carbons (Fsp3) is 0.455. The number of anilines is 1. The minimum absolute atomic E-state index is 0.185. The zero-order valence-electron chi connectivity index (χ0n) is 17.1. The third-order valence-electron chi connectivity index (χ3n) is 4.47. The normalized spacial score (nSPS) is 11.0. The number of benzene rings is 1. The zero-order chi connectivity index (χ0) is 20.1. The summed E-state index contributed by atoms with van der Waals surface area (Å²) in [5, 5.41) is 3.13. The van der Waals surface area contributed by atoms with Gasteiger partial charge in [-0.2, -0.15) is 0 Å². The van der Waals surface area contributed by atoms with Crippen molar-refractivity contribution in [2.24, 2.45) is 5.92 Å². The van der Waals surface area contributed by atoms with Gasteiger partial charge in [-0.15, -0.1) is 0 Å². The average Bonchev–Trinajstić information content (AvgIpc) is 2.63. The van der Waals surface area contributed by atoms with Crippen LogP contribution in [0.3, 0.4) is 0 Å². The van der Waals surface area contributed by atoms with Gasteiger partial charge in [-0.3, -0.25) is 9.78 Å². The van der Waals surface area contributed by atoms with Gasteiger partial charge in [0.05, 0.1) is 22.5 Å². The van der Waals surface area contributed by atoms with E-state index < -0.39 is 0 Å². The first-order valence-corrected chi connectivity index (χ1v) is 10.3. The van der Waals surface area contributed by atoms with Gasteiger partial charge < -0.3 is 10.1 Å². The molecule has 2 aromatic rings. The summed E-state index contributed by atoms with van der Waals surface area (Å²) in [6.07, 6.45) is 1.71. The molecule has 0 bridgehead atoms. The van der Waals surface area contributed by atoms with Crippen molar-refractivity contribution in [2.45, 2.75) is 54.4 Å². The molecule has 1 amide bonds. The summed E-state index contributed by atoms with van der Waals surface area (Å²) in [7, 11) is 0. The molecule has 0 fully saturated rings. The SMILES string of the molecule is CCc1cccc(CC)c1NC(=O)c1c(C)nc(C)c(Br)c1OCC(C)C. The second-order valence-corrected chi connectivity index (χ2v) is 7.91. The quantitative estimate of drug-likeness (QED) is 0.594. The zero-order valence-corrected chi connectivity index (χ0v) is 18.7. The molecule has 0 spiro atoms. The van der Waals surface area contributed by atoms with Gasteiger partial charge >= 0.3 is 0 Å². The third kappa shape index (κ3) is 4.89. The van der Waals surface area contributed by atoms with Crippen LogP contribution in [-0.2, 0) is 12.8 Å². The van der Waals surface area contributed by atoms with Crippen LogP contribution >= 0.6 is 15.9 Å². The summed E-state index contributed by atoms with van der Waals surface area (Å²) >= 11 is 3.56. The highest BCUT2D eigenvalue weighted by Gasteiger charge is 2.23. The Hall–Kier alpha value is -1.88. The van der Waals surface area contributed by atoms with E-state index in [1.807, 2.05) is 19.9 Å². The monoisotopic (exact) mass is 432 g/mol. The van der Waals surface area contributed by atoms with Gasteiger partial charge in [-0.25, -0.2) is 0 Å². The molecule has 1 N–H and O–H groups in total. The Morgan fingerprint density at radius 3 is 2.26 bits per heavy atom. The number of hydrogen-bond acceptors (Lipinski definition) is 3. The Bertz CT molecular complexity index is 809. The molecule has 1 aromatic carbocycles. The number of ether oxygens (including phenoxy) is 1. The van der Waals surface area contributed by atoms with E-state index in [0.717, 1.165) is 39.8 Å². The number of aromatic nitrogens is 1. The number of carbonyl (C=O) groups excluding carboxylic acids is 1. The molecule has 0 unspecified atom stereocenters. The number of amides is 1. The van der Waals surface area contributed by atoms with E-state index in [4.69, 9.17) is 4.74 Å². The van der Waals surface area contributed by atoms with Crippen LogP contribution in [0, 0.1) is 19.8 Å². The van der Waals surface area contributed by atoms with Crippen LogP contribution in [0.2, 0.25) is 0 Å². The molecule has 0 aliphatic rings. The van der Waals surface area contributed by atoms with E-state index in [-0.39, 0.29) is 5.91 Å². The lowest BCUT2D eigenvalue weighted by Crippen LogP contribution is -2.19. The standard InChI is InChI=1S/C22H29BrN2O2/c1-7-16-10-9-11-17(8-2)20(16)25-22(26)18-14(5)24-15(6)19(23)21(18)27-12-13(3)4/h9-11,13H,7-8,12H2,1-6H3,(H,25,26). The summed E-state index contributed by atoms with van der Waals surface area (Å²) in [4.78, 5) is 17.8. The number of rotatable bonds is 7. The Kier molecular flexibility index (Phi) is 7.42. The summed E-state index contributed by atoms with van der Waals surface area (Å²) < 4.78 is 6.75. The summed E-state index contributed by atoms with van der Waals surface area (Å²) in [6, 6.07) is 6.15. The second-order valence-electron chi connectivity index (χ2n) is 7.12. The highest BCUT2D eigenvalue weighted by Crippen LogP contribution is 2.34. The van der Waals surface area contributed by atoms with Crippen molar-refractivity contribution in [2.75, 3.05) is 11.9 Å². The van der Waals surface area contributed by atoms with E-state index in [1.165, 1.54) is 0 Å². The third-order valence-corrected chi connectivity index (χ3v) is 5.40. The predicted molar refractivity (Wildman–Crippen MR) is 115 cm³/mol. The Morgan fingerprint density at radius 1 is 1.15 bits per heavy atom. The van der Waals surface area contributed by atoms with Crippen LogP contribution in [0.25, 0.3) is 0 Å². The van der Waals surface area contributed by atoms with E-state index in [2.05, 4.69) is 66.1 Å². The number of nitrogens with one attached hydrogen (secondary N) is 1. The van der Waals surface area contributed by atoms with Crippen molar-refractivity contribution in [1.82, 2.24) is 4.98 Å².